The van der Waals surface area contributed by atoms with Gasteiger partial charge in [-0.15, -0.1) is 0 Å². The van der Waals surface area contributed by atoms with Crippen LogP contribution in [-0.4, -0.2) is 36.1 Å². The van der Waals surface area contributed by atoms with E-state index in [1.807, 2.05) is 4.90 Å². The van der Waals surface area contributed by atoms with Crippen molar-refractivity contribution in [3.8, 4) is 0 Å². The molecule has 102 valence electrons. The molecule has 3 atom stereocenters. The first-order valence-electron chi connectivity index (χ1n) is 6.80. The van der Waals surface area contributed by atoms with Crippen LogP contribution in [0.5, 0.6) is 0 Å². The SMILES string of the molecule is C[C@@H]1C[C@H]2CN(C(=O)Cc3ccccc3F)C[C@H]2O1. The van der Waals surface area contributed by atoms with Gasteiger partial charge in [-0.25, -0.2) is 4.39 Å². The summed E-state index contributed by atoms with van der Waals surface area (Å²) in [6.45, 7) is 3.48. The molecule has 2 aliphatic rings. The van der Waals surface area contributed by atoms with Crippen LogP contribution in [0.1, 0.15) is 18.9 Å². The van der Waals surface area contributed by atoms with Crippen LogP contribution >= 0.6 is 0 Å². The first-order chi connectivity index (χ1) is 9.13. The minimum atomic E-state index is -0.305. The van der Waals surface area contributed by atoms with E-state index < -0.39 is 0 Å². The molecule has 2 heterocycles. The monoisotopic (exact) mass is 263 g/mol. The molecule has 1 aromatic carbocycles. The lowest BCUT2D eigenvalue weighted by Crippen LogP contribution is -2.32. The van der Waals surface area contributed by atoms with Crippen molar-refractivity contribution in [3.05, 3.63) is 35.6 Å². The number of ether oxygens (including phenoxy) is 1. The molecule has 3 rings (SSSR count). The highest BCUT2D eigenvalue weighted by Gasteiger charge is 2.41. The maximum Gasteiger partial charge on any atom is 0.227 e. The van der Waals surface area contributed by atoms with Crippen LogP contribution in [0, 0.1) is 11.7 Å². The molecule has 0 aromatic heterocycles. The van der Waals surface area contributed by atoms with Crippen molar-refractivity contribution in [2.75, 3.05) is 13.1 Å². The third-order valence-corrected chi connectivity index (χ3v) is 4.08. The molecule has 0 bridgehead atoms. The molecule has 2 aliphatic heterocycles. The van der Waals surface area contributed by atoms with E-state index in [9.17, 15) is 9.18 Å². The Kier molecular flexibility index (Phi) is 3.27. The summed E-state index contributed by atoms with van der Waals surface area (Å²) in [7, 11) is 0. The Morgan fingerprint density at radius 1 is 1.42 bits per heavy atom. The molecule has 0 radical (unpaired) electrons. The first kappa shape index (κ1) is 12.6. The second-order valence-corrected chi connectivity index (χ2v) is 5.55. The van der Waals surface area contributed by atoms with Crippen LogP contribution in [0.25, 0.3) is 0 Å². The van der Waals surface area contributed by atoms with Gasteiger partial charge in [-0.2, -0.15) is 0 Å². The summed E-state index contributed by atoms with van der Waals surface area (Å²) in [5.41, 5.74) is 0.471. The van der Waals surface area contributed by atoms with Gasteiger partial charge in [-0.1, -0.05) is 18.2 Å². The van der Waals surface area contributed by atoms with Crippen molar-refractivity contribution in [2.45, 2.75) is 32.0 Å². The molecule has 2 saturated heterocycles. The van der Waals surface area contributed by atoms with E-state index in [2.05, 4.69) is 6.92 Å². The Bertz CT molecular complexity index is 477. The van der Waals surface area contributed by atoms with Crippen molar-refractivity contribution in [3.63, 3.8) is 0 Å². The molecular weight excluding hydrogens is 245 g/mol. The molecule has 0 aliphatic carbocycles. The Morgan fingerprint density at radius 3 is 2.95 bits per heavy atom. The van der Waals surface area contributed by atoms with Crippen LogP contribution in [0.2, 0.25) is 0 Å². The van der Waals surface area contributed by atoms with Gasteiger partial charge < -0.3 is 9.64 Å². The molecule has 0 saturated carbocycles. The standard InChI is InChI=1S/C15H18FNO2/c1-10-6-12-8-17(9-14(12)19-10)15(18)7-11-4-2-3-5-13(11)16/h2-5,10,12,14H,6-9H2,1H3/t10-,12+,14-/m1/s1. The molecule has 0 unspecified atom stereocenters. The highest BCUT2D eigenvalue weighted by atomic mass is 19.1. The average Bonchev–Trinajstić information content (AvgIpc) is 2.89. The second kappa shape index (κ2) is 4.93. The number of rotatable bonds is 2. The van der Waals surface area contributed by atoms with Gasteiger partial charge in [0.2, 0.25) is 5.91 Å². The fourth-order valence-corrected chi connectivity index (χ4v) is 3.12. The Labute approximate surface area is 112 Å². The van der Waals surface area contributed by atoms with Crippen molar-refractivity contribution in [2.24, 2.45) is 5.92 Å². The number of benzene rings is 1. The van der Waals surface area contributed by atoms with Gasteiger partial charge in [0, 0.05) is 19.0 Å². The molecular formula is C15H18FNO2. The number of hydrogen-bond donors (Lipinski definition) is 0. The van der Waals surface area contributed by atoms with Gasteiger partial charge in [-0.05, 0) is 25.0 Å². The van der Waals surface area contributed by atoms with E-state index in [-0.39, 0.29) is 24.2 Å². The largest absolute Gasteiger partial charge is 0.373 e. The van der Waals surface area contributed by atoms with Crippen molar-refractivity contribution < 1.29 is 13.9 Å². The van der Waals surface area contributed by atoms with Crippen LogP contribution in [0.15, 0.2) is 24.3 Å². The quantitative estimate of drug-likeness (QED) is 0.817. The van der Waals surface area contributed by atoms with Crippen LogP contribution < -0.4 is 0 Å². The van der Waals surface area contributed by atoms with Gasteiger partial charge in [0.25, 0.3) is 0 Å². The Balaban J connectivity index is 1.62. The number of likely N-dealkylation sites (tertiary alicyclic amines) is 1. The Hall–Kier alpha value is -1.42. The molecule has 0 N–H and O–H groups in total. The predicted octanol–water partition coefficient (Wildman–Crippen LogP) is 2.00. The lowest BCUT2D eigenvalue weighted by atomic mass is 10.0. The van der Waals surface area contributed by atoms with Crippen LogP contribution in [-0.2, 0) is 16.0 Å². The summed E-state index contributed by atoms with van der Waals surface area (Å²) in [5.74, 6) is 0.149. The van der Waals surface area contributed by atoms with E-state index >= 15 is 0 Å². The molecule has 2 fully saturated rings. The predicted molar refractivity (Wildman–Crippen MR) is 69.1 cm³/mol. The van der Waals surface area contributed by atoms with E-state index in [1.54, 1.807) is 18.2 Å². The van der Waals surface area contributed by atoms with Crippen molar-refractivity contribution in [1.82, 2.24) is 4.90 Å². The van der Waals surface area contributed by atoms with Crippen molar-refractivity contribution in [1.29, 1.82) is 0 Å². The Morgan fingerprint density at radius 2 is 2.21 bits per heavy atom. The lowest BCUT2D eigenvalue weighted by molar-refractivity contribution is -0.130. The average molecular weight is 263 g/mol. The first-order valence-corrected chi connectivity index (χ1v) is 6.80. The van der Waals surface area contributed by atoms with E-state index in [0.717, 1.165) is 13.0 Å². The summed E-state index contributed by atoms with van der Waals surface area (Å²) >= 11 is 0. The van der Waals surface area contributed by atoms with Crippen molar-refractivity contribution >= 4 is 5.91 Å². The number of hydrogen-bond acceptors (Lipinski definition) is 2. The maximum atomic E-state index is 13.5. The summed E-state index contributed by atoms with van der Waals surface area (Å²) in [6.07, 6.45) is 1.65. The molecule has 1 amide bonds. The van der Waals surface area contributed by atoms with Gasteiger partial charge in [0.15, 0.2) is 0 Å². The highest BCUT2D eigenvalue weighted by Crippen LogP contribution is 2.32. The summed E-state index contributed by atoms with van der Waals surface area (Å²) in [4.78, 5) is 14.0. The molecule has 3 nitrogen and oxygen atoms in total. The summed E-state index contributed by atoms with van der Waals surface area (Å²) in [6, 6.07) is 6.46. The van der Waals surface area contributed by atoms with E-state index in [1.165, 1.54) is 6.07 Å². The highest BCUT2D eigenvalue weighted by molar-refractivity contribution is 5.79. The third-order valence-electron chi connectivity index (χ3n) is 4.08. The molecule has 4 heteroatoms. The molecule has 0 spiro atoms. The number of nitrogens with zero attached hydrogens (tertiary/aromatic N) is 1. The minimum Gasteiger partial charge on any atom is -0.373 e. The summed E-state index contributed by atoms with van der Waals surface area (Å²) in [5, 5.41) is 0. The molecule has 19 heavy (non-hydrogen) atoms. The molecule has 1 aromatic rings. The smallest absolute Gasteiger partial charge is 0.227 e. The number of fused-ring (bicyclic) bond motifs is 1. The summed E-state index contributed by atoms with van der Waals surface area (Å²) < 4.78 is 19.3. The van der Waals surface area contributed by atoms with E-state index in [4.69, 9.17) is 4.74 Å². The zero-order chi connectivity index (χ0) is 13.4. The van der Waals surface area contributed by atoms with Gasteiger partial charge in [-0.3, -0.25) is 4.79 Å². The van der Waals surface area contributed by atoms with Crippen LogP contribution in [0.4, 0.5) is 4.39 Å². The maximum absolute atomic E-state index is 13.5. The fraction of sp³-hybridized carbons (Fsp3) is 0.533. The third kappa shape index (κ3) is 2.50. The topological polar surface area (TPSA) is 29.5 Å². The van der Waals surface area contributed by atoms with Gasteiger partial charge >= 0.3 is 0 Å². The minimum absolute atomic E-state index is 0.00393. The van der Waals surface area contributed by atoms with E-state index in [0.29, 0.717) is 24.1 Å². The number of carbonyl (C=O) groups excluding carboxylic acids is 1. The van der Waals surface area contributed by atoms with Crippen LogP contribution in [0.3, 0.4) is 0 Å². The van der Waals surface area contributed by atoms with Gasteiger partial charge in [0.05, 0.1) is 18.6 Å². The lowest BCUT2D eigenvalue weighted by Gasteiger charge is -2.18. The van der Waals surface area contributed by atoms with Gasteiger partial charge in [0.1, 0.15) is 5.82 Å². The zero-order valence-corrected chi connectivity index (χ0v) is 11.0. The number of carbonyl (C=O) groups is 1. The number of amides is 1. The fourth-order valence-electron chi connectivity index (χ4n) is 3.12. The number of halogens is 1. The zero-order valence-electron chi connectivity index (χ0n) is 11.0. The second-order valence-electron chi connectivity index (χ2n) is 5.55. The normalized spacial score (nSPS) is 29.6.